The highest BCUT2D eigenvalue weighted by Gasteiger charge is 2.61. The van der Waals surface area contributed by atoms with Crippen molar-refractivity contribution in [3.8, 4) is 11.1 Å². The maximum atomic E-state index is 13.5. The van der Waals surface area contributed by atoms with Crippen molar-refractivity contribution in [3.63, 3.8) is 0 Å². The van der Waals surface area contributed by atoms with Crippen LogP contribution in [0.25, 0.3) is 11.1 Å². The van der Waals surface area contributed by atoms with Gasteiger partial charge in [0.25, 0.3) is 0 Å². The van der Waals surface area contributed by atoms with Gasteiger partial charge in [-0.2, -0.15) is 11.3 Å². The Labute approximate surface area is 236 Å². The number of ketones is 1. The average molecular weight is 547 g/mol. The summed E-state index contributed by atoms with van der Waals surface area (Å²) in [6.45, 7) is 7.91. The van der Waals surface area contributed by atoms with Gasteiger partial charge in [0.2, 0.25) is 0 Å². The van der Waals surface area contributed by atoms with Crippen LogP contribution in [0.15, 0.2) is 52.2 Å². The first-order valence-electron chi connectivity index (χ1n) is 15.1. The SMILES string of the molecule is CC[C@@]12C[C@H](c3ccc(-c4ccsc4)cc3)C3=C4CCC5(C[C@]4(O)CC[C@H]3[C@@H]1CCC2=O)OCC(C)(C)CO5. The van der Waals surface area contributed by atoms with E-state index in [1.807, 2.05) is 0 Å². The molecule has 1 aromatic carbocycles. The lowest BCUT2D eigenvalue weighted by atomic mass is 9.50. The van der Waals surface area contributed by atoms with Gasteiger partial charge < -0.3 is 14.6 Å². The molecule has 4 nitrogen and oxygen atoms in total. The van der Waals surface area contributed by atoms with Gasteiger partial charge in [-0.25, -0.2) is 0 Å². The van der Waals surface area contributed by atoms with Crippen LogP contribution in [0.4, 0.5) is 0 Å². The van der Waals surface area contributed by atoms with Gasteiger partial charge in [-0.05, 0) is 89.5 Å². The minimum Gasteiger partial charge on any atom is -0.385 e. The van der Waals surface area contributed by atoms with Gasteiger partial charge >= 0.3 is 0 Å². The van der Waals surface area contributed by atoms with Crippen LogP contribution >= 0.6 is 11.3 Å². The molecule has 2 aromatic rings. The number of thiophene rings is 1. The van der Waals surface area contributed by atoms with Crippen molar-refractivity contribution in [1.82, 2.24) is 0 Å². The Bertz CT molecular complexity index is 1280. The van der Waals surface area contributed by atoms with Crippen molar-refractivity contribution in [2.45, 2.75) is 95.9 Å². The number of hydrogen-bond donors (Lipinski definition) is 1. The molecule has 208 valence electrons. The van der Waals surface area contributed by atoms with Crippen molar-refractivity contribution in [2.75, 3.05) is 13.2 Å². The molecule has 0 unspecified atom stereocenters. The summed E-state index contributed by atoms with van der Waals surface area (Å²) in [6, 6.07) is 11.2. The molecule has 5 atom stereocenters. The Balaban J connectivity index is 1.30. The Morgan fingerprint density at radius 3 is 2.46 bits per heavy atom. The Morgan fingerprint density at radius 2 is 1.77 bits per heavy atom. The summed E-state index contributed by atoms with van der Waals surface area (Å²) in [6.07, 6.45) is 7.33. The maximum absolute atomic E-state index is 13.5. The Kier molecular flexibility index (Phi) is 6.10. The summed E-state index contributed by atoms with van der Waals surface area (Å²) in [4.78, 5) is 13.5. The summed E-state index contributed by atoms with van der Waals surface area (Å²) in [5.74, 6) is 0.761. The largest absolute Gasteiger partial charge is 0.385 e. The monoisotopic (exact) mass is 546 g/mol. The predicted molar refractivity (Wildman–Crippen MR) is 155 cm³/mol. The van der Waals surface area contributed by atoms with E-state index in [2.05, 4.69) is 61.9 Å². The van der Waals surface area contributed by atoms with Gasteiger partial charge in [-0.1, -0.05) is 50.6 Å². The molecule has 3 saturated carbocycles. The molecule has 1 saturated heterocycles. The lowest BCUT2D eigenvalue weighted by molar-refractivity contribution is -0.322. The molecule has 0 bridgehead atoms. The molecule has 5 heteroatoms. The summed E-state index contributed by atoms with van der Waals surface area (Å²) in [7, 11) is 0. The van der Waals surface area contributed by atoms with E-state index in [-0.39, 0.29) is 16.7 Å². The number of rotatable bonds is 3. The van der Waals surface area contributed by atoms with Crippen molar-refractivity contribution < 1.29 is 19.4 Å². The van der Waals surface area contributed by atoms with Gasteiger partial charge in [0.05, 0.1) is 18.8 Å². The van der Waals surface area contributed by atoms with Gasteiger partial charge in [0.1, 0.15) is 5.78 Å². The molecule has 1 N–H and O–H groups in total. The van der Waals surface area contributed by atoms with E-state index in [4.69, 9.17) is 9.47 Å². The van der Waals surface area contributed by atoms with Crippen LogP contribution in [-0.2, 0) is 14.3 Å². The van der Waals surface area contributed by atoms with E-state index in [1.54, 1.807) is 11.3 Å². The molecule has 0 amide bonds. The molecular weight excluding hydrogens is 504 g/mol. The standard InChI is InChI=1S/C34H42O4S/c1-4-32-17-26(23-7-5-22(6-8-23)24-13-16-39-18-24)30-25(27(32)9-10-29(32)35)11-14-33(36)19-34(15-12-28(30)33)37-20-31(2,3)21-38-34/h5-8,13,16,18,25-27,36H,4,9-12,14-15,17,19-21H2,1-3H3/t25-,26+,27-,32+,33+/m0/s1. The zero-order chi connectivity index (χ0) is 27.0. The van der Waals surface area contributed by atoms with Gasteiger partial charge in [0, 0.05) is 36.0 Å². The smallest absolute Gasteiger partial charge is 0.171 e. The summed E-state index contributed by atoms with van der Waals surface area (Å²) < 4.78 is 12.8. The number of aliphatic hydroxyl groups is 1. The third-order valence-corrected chi connectivity index (χ3v) is 11.8. The second kappa shape index (κ2) is 9.11. The van der Waals surface area contributed by atoms with E-state index in [0.29, 0.717) is 43.7 Å². The lowest BCUT2D eigenvalue weighted by Crippen LogP contribution is -2.57. The average Bonchev–Trinajstić information content (AvgIpc) is 3.59. The molecule has 1 spiro atoms. The lowest BCUT2D eigenvalue weighted by Gasteiger charge is -2.57. The van der Waals surface area contributed by atoms with Crippen molar-refractivity contribution >= 4 is 17.1 Å². The number of fused-ring (bicyclic) bond motifs is 4. The highest BCUT2D eigenvalue weighted by atomic mass is 32.1. The highest BCUT2D eigenvalue weighted by molar-refractivity contribution is 7.08. The van der Waals surface area contributed by atoms with Crippen LogP contribution < -0.4 is 0 Å². The normalized spacial score (nSPS) is 36.9. The number of carbonyl (C=O) groups excluding carboxylic acids is 1. The second-order valence-corrected chi connectivity index (χ2v) is 14.7. The first-order valence-corrected chi connectivity index (χ1v) is 16.0. The molecule has 4 aliphatic carbocycles. The van der Waals surface area contributed by atoms with Gasteiger partial charge in [-0.3, -0.25) is 4.79 Å². The highest BCUT2D eigenvalue weighted by Crippen LogP contribution is 2.65. The molecule has 5 aliphatic rings. The van der Waals surface area contributed by atoms with E-state index >= 15 is 0 Å². The fourth-order valence-corrected chi connectivity index (χ4v) is 9.73. The number of ether oxygens (including phenoxy) is 2. The minimum absolute atomic E-state index is 0.00636. The molecule has 1 aliphatic heterocycles. The summed E-state index contributed by atoms with van der Waals surface area (Å²) in [5, 5.41) is 16.7. The number of benzene rings is 1. The molecule has 39 heavy (non-hydrogen) atoms. The van der Waals surface area contributed by atoms with Gasteiger partial charge in [0.15, 0.2) is 5.79 Å². The Morgan fingerprint density at radius 1 is 1.00 bits per heavy atom. The second-order valence-electron chi connectivity index (χ2n) is 13.9. The van der Waals surface area contributed by atoms with E-state index < -0.39 is 11.4 Å². The van der Waals surface area contributed by atoms with E-state index in [9.17, 15) is 9.90 Å². The zero-order valence-electron chi connectivity index (χ0n) is 23.6. The molecule has 7 rings (SSSR count). The maximum Gasteiger partial charge on any atom is 0.171 e. The molecule has 0 radical (unpaired) electrons. The molecule has 1 aromatic heterocycles. The predicted octanol–water partition coefficient (Wildman–Crippen LogP) is 7.67. The van der Waals surface area contributed by atoms with Crippen molar-refractivity contribution in [2.24, 2.45) is 22.7 Å². The Hall–Kier alpha value is -1.79. The van der Waals surface area contributed by atoms with Crippen LogP contribution in [0.5, 0.6) is 0 Å². The van der Waals surface area contributed by atoms with Crippen LogP contribution in [-0.4, -0.2) is 35.5 Å². The van der Waals surface area contributed by atoms with Crippen molar-refractivity contribution in [3.05, 3.63) is 57.8 Å². The zero-order valence-corrected chi connectivity index (χ0v) is 24.4. The summed E-state index contributed by atoms with van der Waals surface area (Å²) >= 11 is 1.72. The molecular formula is C34H42O4S. The fourth-order valence-electron chi connectivity index (χ4n) is 9.07. The van der Waals surface area contributed by atoms with E-state index in [1.165, 1.54) is 27.8 Å². The topological polar surface area (TPSA) is 55.8 Å². The van der Waals surface area contributed by atoms with E-state index in [0.717, 1.165) is 44.9 Å². The van der Waals surface area contributed by atoms with Crippen LogP contribution in [0.2, 0.25) is 0 Å². The number of hydrogen-bond acceptors (Lipinski definition) is 5. The molecule has 2 heterocycles. The third kappa shape index (κ3) is 4.06. The fraction of sp³-hybridized carbons (Fsp3) is 0.618. The minimum atomic E-state index is -0.894. The van der Waals surface area contributed by atoms with Crippen LogP contribution in [0.1, 0.15) is 90.0 Å². The number of allylic oxidation sites excluding steroid dienone is 1. The number of Topliss-reactive ketones (excluding diaryl/α,β-unsaturated/α-hetero) is 1. The van der Waals surface area contributed by atoms with Gasteiger partial charge in [-0.15, -0.1) is 0 Å². The quantitative estimate of drug-likeness (QED) is 0.402. The van der Waals surface area contributed by atoms with Crippen molar-refractivity contribution in [1.29, 1.82) is 0 Å². The summed E-state index contributed by atoms with van der Waals surface area (Å²) in [5.41, 5.74) is 5.38. The first-order chi connectivity index (χ1) is 18.7. The first kappa shape index (κ1) is 26.1. The third-order valence-electron chi connectivity index (χ3n) is 11.1. The number of carbonyl (C=O) groups is 1. The van der Waals surface area contributed by atoms with Crippen LogP contribution in [0, 0.1) is 22.7 Å². The molecule has 4 fully saturated rings. The van der Waals surface area contributed by atoms with Crippen LogP contribution in [0.3, 0.4) is 0 Å².